The van der Waals surface area contributed by atoms with E-state index in [9.17, 15) is 14.5 Å². The van der Waals surface area contributed by atoms with E-state index in [0.29, 0.717) is 25.6 Å². The summed E-state index contributed by atoms with van der Waals surface area (Å²) in [6.07, 6.45) is 1.98. The van der Waals surface area contributed by atoms with E-state index in [1.165, 1.54) is 18.2 Å². The van der Waals surface area contributed by atoms with E-state index in [2.05, 4.69) is 15.6 Å². The summed E-state index contributed by atoms with van der Waals surface area (Å²) in [4.78, 5) is 14.9. The lowest BCUT2D eigenvalue weighted by molar-refractivity contribution is -0.384. The van der Waals surface area contributed by atoms with Gasteiger partial charge in [0.1, 0.15) is 5.82 Å². The largest absolute Gasteiger partial charge is 0.357 e. The van der Waals surface area contributed by atoms with Crippen LogP contribution in [0.5, 0.6) is 0 Å². The molecule has 2 aromatic rings. The van der Waals surface area contributed by atoms with Crippen LogP contribution in [0.2, 0.25) is 0 Å². The number of thioether (sulfide) groups is 1. The number of benzene rings is 2. The second-order valence-electron chi connectivity index (χ2n) is 5.82. The number of hydrogen-bond acceptors (Lipinski definition) is 4. The normalized spacial score (nSPS) is 10.9. The zero-order chi connectivity index (χ0) is 19.6. The van der Waals surface area contributed by atoms with Gasteiger partial charge in [0, 0.05) is 31.0 Å². The lowest BCUT2D eigenvalue weighted by Crippen LogP contribution is -2.37. The lowest BCUT2D eigenvalue weighted by Gasteiger charge is -2.14. The summed E-state index contributed by atoms with van der Waals surface area (Å²) in [5.74, 6) is 1.09. The average molecular weight is 518 g/mol. The Labute approximate surface area is 185 Å². The van der Waals surface area contributed by atoms with Gasteiger partial charge < -0.3 is 10.6 Å². The summed E-state index contributed by atoms with van der Waals surface area (Å²) in [5, 5.41) is 17.3. The highest BCUT2D eigenvalue weighted by Crippen LogP contribution is 2.17. The van der Waals surface area contributed by atoms with Crippen molar-refractivity contribution in [1.29, 1.82) is 0 Å². The molecule has 0 unspecified atom stereocenters. The molecule has 0 saturated heterocycles. The van der Waals surface area contributed by atoms with Crippen LogP contribution in [0.25, 0.3) is 0 Å². The molecule has 0 saturated carbocycles. The van der Waals surface area contributed by atoms with E-state index < -0.39 is 4.92 Å². The summed E-state index contributed by atoms with van der Waals surface area (Å²) >= 11 is 1.64. The molecule has 9 heteroatoms. The quantitative estimate of drug-likeness (QED) is 0.177. The fraction of sp³-hybridized carbons (Fsp3) is 0.316. The molecule has 0 amide bonds. The smallest absolute Gasteiger partial charge is 0.269 e. The second kappa shape index (κ2) is 12.6. The van der Waals surface area contributed by atoms with Crippen molar-refractivity contribution in [3.8, 4) is 0 Å². The van der Waals surface area contributed by atoms with Crippen LogP contribution in [-0.2, 0) is 18.8 Å². The Balaban J connectivity index is 0.00000392. The predicted molar refractivity (Wildman–Crippen MR) is 124 cm³/mol. The Morgan fingerprint density at radius 1 is 1.21 bits per heavy atom. The maximum Gasteiger partial charge on any atom is 0.269 e. The van der Waals surface area contributed by atoms with Crippen molar-refractivity contribution in [2.45, 2.75) is 25.8 Å². The molecule has 0 aliphatic carbocycles. The van der Waals surface area contributed by atoms with Crippen LogP contribution in [0, 0.1) is 15.9 Å². The number of rotatable bonds is 8. The van der Waals surface area contributed by atoms with Crippen LogP contribution in [0.15, 0.2) is 47.5 Å². The van der Waals surface area contributed by atoms with Gasteiger partial charge in [-0.15, -0.1) is 24.0 Å². The molecular formula is C19H24FIN4O2S. The third-order valence-corrected chi connectivity index (χ3v) is 4.40. The number of hydrogen-bond donors (Lipinski definition) is 2. The molecular weight excluding hydrogens is 494 g/mol. The van der Waals surface area contributed by atoms with E-state index in [0.717, 1.165) is 22.4 Å². The fourth-order valence-electron chi connectivity index (χ4n) is 2.52. The lowest BCUT2D eigenvalue weighted by atomic mass is 10.1. The van der Waals surface area contributed by atoms with E-state index in [1.54, 1.807) is 36.0 Å². The first-order valence-electron chi connectivity index (χ1n) is 8.55. The molecule has 0 aromatic heterocycles. The SMILES string of the molecule is CCNC(=NCc1cccc([N+](=O)[O-])c1)NCc1ccc(F)cc1CSC.I. The fourth-order valence-corrected chi connectivity index (χ4v) is 3.10. The van der Waals surface area contributed by atoms with Gasteiger partial charge in [-0.1, -0.05) is 18.2 Å². The van der Waals surface area contributed by atoms with Crippen LogP contribution in [0.1, 0.15) is 23.6 Å². The van der Waals surface area contributed by atoms with Gasteiger partial charge in [-0.2, -0.15) is 11.8 Å². The molecule has 0 heterocycles. The van der Waals surface area contributed by atoms with Gasteiger partial charge >= 0.3 is 0 Å². The summed E-state index contributed by atoms with van der Waals surface area (Å²) in [5.41, 5.74) is 2.76. The van der Waals surface area contributed by atoms with E-state index >= 15 is 0 Å². The van der Waals surface area contributed by atoms with Crippen LogP contribution < -0.4 is 10.6 Å². The maximum absolute atomic E-state index is 13.5. The molecule has 152 valence electrons. The van der Waals surface area contributed by atoms with Crippen LogP contribution in [0.3, 0.4) is 0 Å². The Morgan fingerprint density at radius 3 is 2.68 bits per heavy atom. The van der Waals surface area contributed by atoms with E-state index in [4.69, 9.17) is 0 Å². The molecule has 0 aliphatic rings. The minimum absolute atomic E-state index is 0. The van der Waals surface area contributed by atoms with Gasteiger partial charge in [0.2, 0.25) is 0 Å². The van der Waals surface area contributed by atoms with Gasteiger partial charge in [0.25, 0.3) is 5.69 Å². The third-order valence-electron chi connectivity index (χ3n) is 3.80. The number of aliphatic imine (C=N–C) groups is 1. The zero-order valence-corrected chi connectivity index (χ0v) is 18.9. The number of nitro groups is 1. The number of nitrogens with zero attached hydrogens (tertiary/aromatic N) is 2. The third kappa shape index (κ3) is 7.63. The molecule has 0 radical (unpaired) electrons. The minimum atomic E-state index is -0.418. The standard InChI is InChI=1S/C19H23FN4O2S.HI/c1-3-21-19(22-11-14-5-4-6-18(9-14)24(25)26)23-12-15-7-8-17(20)10-16(15)13-27-2;/h4-10H,3,11-13H2,1-2H3,(H2,21,22,23);1H. The monoisotopic (exact) mass is 518 g/mol. The zero-order valence-electron chi connectivity index (χ0n) is 15.8. The summed E-state index contributed by atoms with van der Waals surface area (Å²) in [6.45, 7) is 3.47. The van der Waals surface area contributed by atoms with Crippen molar-refractivity contribution in [2.75, 3.05) is 12.8 Å². The van der Waals surface area contributed by atoms with Gasteiger partial charge in [-0.05, 0) is 42.0 Å². The number of nitro benzene ring substituents is 1. The average Bonchev–Trinajstić information content (AvgIpc) is 2.65. The van der Waals surface area contributed by atoms with Crippen molar-refractivity contribution in [3.63, 3.8) is 0 Å². The first-order valence-corrected chi connectivity index (χ1v) is 9.94. The molecule has 0 fully saturated rings. The summed E-state index contributed by atoms with van der Waals surface area (Å²) in [7, 11) is 0. The number of guanidine groups is 1. The first kappa shape index (κ1) is 24.2. The van der Waals surface area contributed by atoms with E-state index in [-0.39, 0.29) is 35.5 Å². The Bertz CT molecular complexity index is 820. The molecule has 2 rings (SSSR count). The van der Waals surface area contributed by atoms with E-state index in [1.807, 2.05) is 13.2 Å². The number of nitrogens with one attached hydrogen (secondary N) is 2. The van der Waals surface area contributed by atoms with Crippen molar-refractivity contribution in [3.05, 3.63) is 75.1 Å². The van der Waals surface area contributed by atoms with Crippen molar-refractivity contribution in [1.82, 2.24) is 10.6 Å². The number of non-ortho nitro benzene ring substituents is 1. The summed E-state index contributed by atoms with van der Waals surface area (Å²) < 4.78 is 13.5. The van der Waals surface area contributed by atoms with Gasteiger partial charge in [-0.25, -0.2) is 9.38 Å². The molecule has 0 aliphatic heterocycles. The topological polar surface area (TPSA) is 79.6 Å². The second-order valence-corrected chi connectivity index (χ2v) is 6.69. The maximum atomic E-state index is 13.5. The highest BCUT2D eigenvalue weighted by Gasteiger charge is 2.07. The van der Waals surface area contributed by atoms with Crippen molar-refractivity contribution in [2.24, 2.45) is 4.99 Å². The van der Waals surface area contributed by atoms with Gasteiger partial charge in [0.15, 0.2) is 5.96 Å². The molecule has 6 nitrogen and oxygen atoms in total. The highest BCUT2D eigenvalue weighted by molar-refractivity contribution is 14.0. The summed E-state index contributed by atoms with van der Waals surface area (Å²) in [6, 6.07) is 11.2. The van der Waals surface area contributed by atoms with Crippen molar-refractivity contribution >= 4 is 47.4 Å². The molecule has 28 heavy (non-hydrogen) atoms. The minimum Gasteiger partial charge on any atom is -0.357 e. The molecule has 0 bridgehead atoms. The van der Waals surface area contributed by atoms with Crippen LogP contribution >= 0.6 is 35.7 Å². The molecule has 0 atom stereocenters. The molecule has 0 spiro atoms. The first-order chi connectivity index (χ1) is 13.0. The van der Waals surface area contributed by atoms with Crippen LogP contribution in [0.4, 0.5) is 10.1 Å². The Kier molecular flexibility index (Phi) is 10.8. The number of halogens is 2. The van der Waals surface area contributed by atoms with Gasteiger partial charge in [0.05, 0.1) is 11.5 Å². The Morgan fingerprint density at radius 2 is 2.00 bits per heavy atom. The van der Waals surface area contributed by atoms with Gasteiger partial charge in [-0.3, -0.25) is 10.1 Å². The Hall–Kier alpha value is -1.88. The van der Waals surface area contributed by atoms with Crippen molar-refractivity contribution < 1.29 is 9.31 Å². The predicted octanol–water partition coefficient (Wildman–Crippen LogP) is 4.47. The molecule has 2 aromatic carbocycles. The molecule has 2 N–H and O–H groups in total. The highest BCUT2D eigenvalue weighted by atomic mass is 127. The van der Waals surface area contributed by atoms with Crippen LogP contribution in [-0.4, -0.2) is 23.7 Å².